The van der Waals surface area contributed by atoms with E-state index in [0.717, 1.165) is 5.56 Å². The maximum Gasteiger partial charge on any atom is 0.263 e. The van der Waals surface area contributed by atoms with Crippen LogP contribution in [0.1, 0.15) is 18.5 Å². The largest absolute Gasteiger partial charge is 0.313 e. The Kier molecular flexibility index (Phi) is 4.10. The highest BCUT2D eigenvalue weighted by Crippen LogP contribution is 2.18. The molecule has 108 valence electrons. The molecule has 0 aliphatic carbocycles. The first-order valence-electron chi connectivity index (χ1n) is 6.22. The molecule has 0 bridgehead atoms. The second kappa shape index (κ2) is 5.64. The van der Waals surface area contributed by atoms with Crippen LogP contribution in [0.25, 0.3) is 0 Å². The Morgan fingerprint density at radius 3 is 2.35 bits per heavy atom. The number of benzene rings is 1. The molecular formula is C13H18N4O2S. The van der Waals surface area contributed by atoms with Gasteiger partial charge in [-0.1, -0.05) is 12.1 Å². The second-order valence-electron chi connectivity index (χ2n) is 4.56. The Hall–Kier alpha value is -1.86. The Labute approximate surface area is 118 Å². The number of anilines is 1. The van der Waals surface area contributed by atoms with E-state index in [0.29, 0.717) is 5.82 Å². The SMILES string of the molecule is CNC(C)c1ccc(S(=O)(=O)Nc2ccn(C)n2)cc1. The number of nitrogens with zero attached hydrogens (tertiary/aromatic N) is 2. The van der Waals surface area contributed by atoms with E-state index in [2.05, 4.69) is 15.1 Å². The van der Waals surface area contributed by atoms with Gasteiger partial charge >= 0.3 is 0 Å². The highest BCUT2D eigenvalue weighted by atomic mass is 32.2. The van der Waals surface area contributed by atoms with E-state index < -0.39 is 10.0 Å². The fourth-order valence-electron chi connectivity index (χ4n) is 1.77. The van der Waals surface area contributed by atoms with Gasteiger partial charge in [0.15, 0.2) is 5.82 Å². The lowest BCUT2D eigenvalue weighted by Gasteiger charge is -2.11. The first kappa shape index (κ1) is 14.5. The van der Waals surface area contributed by atoms with Gasteiger partial charge in [0, 0.05) is 25.4 Å². The third-order valence-electron chi connectivity index (χ3n) is 3.08. The van der Waals surface area contributed by atoms with Gasteiger partial charge in [-0.2, -0.15) is 5.10 Å². The van der Waals surface area contributed by atoms with E-state index in [-0.39, 0.29) is 10.9 Å². The minimum absolute atomic E-state index is 0.176. The van der Waals surface area contributed by atoms with Crippen LogP contribution in [0.15, 0.2) is 41.4 Å². The van der Waals surface area contributed by atoms with Gasteiger partial charge in [0.05, 0.1) is 4.90 Å². The summed E-state index contributed by atoms with van der Waals surface area (Å²) in [5, 5.41) is 7.10. The van der Waals surface area contributed by atoms with E-state index >= 15 is 0 Å². The number of rotatable bonds is 5. The molecule has 0 fully saturated rings. The van der Waals surface area contributed by atoms with Crippen LogP contribution in [0.5, 0.6) is 0 Å². The topological polar surface area (TPSA) is 76.0 Å². The molecule has 1 heterocycles. The number of hydrogen-bond acceptors (Lipinski definition) is 4. The van der Waals surface area contributed by atoms with E-state index in [1.165, 1.54) is 4.68 Å². The van der Waals surface area contributed by atoms with Gasteiger partial charge in [0.2, 0.25) is 0 Å². The standard InChI is InChI=1S/C13H18N4O2S/c1-10(14-2)11-4-6-12(7-5-11)20(18,19)16-13-8-9-17(3)15-13/h4-10,14H,1-3H3,(H,15,16). The van der Waals surface area contributed by atoms with Crippen LogP contribution in [-0.2, 0) is 17.1 Å². The predicted molar refractivity (Wildman–Crippen MR) is 77.9 cm³/mol. The van der Waals surface area contributed by atoms with Crippen molar-refractivity contribution in [3.05, 3.63) is 42.1 Å². The number of hydrogen-bond donors (Lipinski definition) is 2. The minimum Gasteiger partial charge on any atom is -0.313 e. The van der Waals surface area contributed by atoms with Crippen molar-refractivity contribution >= 4 is 15.8 Å². The van der Waals surface area contributed by atoms with Crippen molar-refractivity contribution in [1.29, 1.82) is 0 Å². The van der Waals surface area contributed by atoms with Crippen LogP contribution in [-0.4, -0.2) is 25.2 Å². The molecule has 7 heteroatoms. The van der Waals surface area contributed by atoms with Crippen molar-refractivity contribution in [1.82, 2.24) is 15.1 Å². The monoisotopic (exact) mass is 294 g/mol. The summed E-state index contributed by atoms with van der Waals surface area (Å²) in [6.07, 6.45) is 1.68. The van der Waals surface area contributed by atoms with E-state index in [1.807, 2.05) is 14.0 Å². The average Bonchev–Trinajstić information content (AvgIpc) is 2.82. The summed E-state index contributed by atoms with van der Waals surface area (Å²) in [6.45, 7) is 2.01. The van der Waals surface area contributed by atoms with Crippen LogP contribution in [0.2, 0.25) is 0 Å². The molecule has 0 aliphatic rings. The molecule has 2 aromatic rings. The van der Waals surface area contributed by atoms with Crippen LogP contribution < -0.4 is 10.0 Å². The number of aromatic nitrogens is 2. The predicted octanol–water partition coefficient (Wildman–Crippen LogP) is 1.50. The molecular weight excluding hydrogens is 276 g/mol. The number of aryl methyl sites for hydroxylation is 1. The Morgan fingerprint density at radius 1 is 1.20 bits per heavy atom. The van der Waals surface area contributed by atoms with Gasteiger partial charge < -0.3 is 5.32 Å². The summed E-state index contributed by atoms with van der Waals surface area (Å²) < 4.78 is 28.4. The Bertz CT molecular complexity index is 677. The minimum atomic E-state index is -3.60. The summed E-state index contributed by atoms with van der Waals surface area (Å²) >= 11 is 0. The molecule has 0 spiro atoms. The molecule has 1 atom stereocenters. The lowest BCUT2D eigenvalue weighted by molar-refractivity contribution is 0.600. The lowest BCUT2D eigenvalue weighted by atomic mass is 10.1. The molecule has 0 saturated heterocycles. The lowest BCUT2D eigenvalue weighted by Crippen LogP contribution is -2.15. The summed E-state index contributed by atoms with van der Waals surface area (Å²) in [6, 6.07) is 8.57. The third kappa shape index (κ3) is 3.17. The number of nitrogens with one attached hydrogen (secondary N) is 2. The first-order valence-corrected chi connectivity index (χ1v) is 7.70. The molecule has 0 saturated carbocycles. The summed E-state index contributed by atoms with van der Waals surface area (Å²) in [7, 11) is -0.00844. The van der Waals surface area contributed by atoms with Gasteiger partial charge in [0.25, 0.3) is 10.0 Å². The fraction of sp³-hybridized carbons (Fsp3) is 0.308. The molecule has 1 unspecified atom stereocenters. The smallest absolute Gasteiger partial charge is 0.263 e. The highest BCUT2D eigenvalue weighted by molar-refractivity contribution is 7.92. The quantitative estimate of drug-likeness (QED) is 0.876. The molecule has 0 radical (unpaired) electrons. The zero-order valence-electron chi connectivity index (χ0n) is 11.7. The molecule has 6 nitrogen and oxygen atoms in total. The van der Waals surface area contributed by atoms with Crippen molar-refractivity contribution in [2.75, 3.05) is 11.8 Å². The van der Waals surface area contributed by atoms with Gasteiger partial charge in [0.1, 0.15) is 0 Å². The fourth-order valence-corrected chi connectivity index (χ4v) is 2.76. The molecule has 0 aliphatic heterocycles. The molecule has 1 aromatic heterocycles. The van der Waals surface area contributed by atoms with Crippen LogP contribution in [0.3, 0.4) is 0 Å². The average molecular weight is 294 g/mol. The molecule has 2 N–H and O–H groups in total. The van der Waals surface area contributed by atoms with Crippen molar-refractivity contribution < 1.29 is 8.42 Å². The number of sulfonamides is 1. The maximum atomic E-state index is 12.2. The van der Waals surface area contributed by atoms with Gasteiger partial charge in [-0.05, 0) is 31.7 Å². The van der Waals surface area contributed by atoms with Crippen molar-refractivity contribution in [3.63, 3.8) is 0 Å². The molecule has 20 heavy (non-hydrogen) atoms. The molecule has 2 rings (SSSR count). The van der Waals surface area contributed by atoms with Gasteiger partial charge in [-0.15, -0.1) is 0 Å². The normalized spacial score (nSPS) is 13.2. The van der Waals surface area contributed by atoms with Crippen LogP contribution in [0.4, 0.5) is 5.82 Å². The third-order valence-corrected chi connectivity index (χ3v) is 4.45. The maximum absolute atomic E-state index is 12.2. The van der Waals surface area contributed by atoms with Gasteiger partial charge in [-0.25, -0.2) is 8.42 Å². The van der Waals surface area contributed by atoms with E-state index in [9.17, 15) is 8.42 Å². The zero-order valence-corrected chi connectivity index (χ0v) is 12.5. The Balaban J connectivity index is 2.21. The molecule has 0 amide bonds. The Morgan fingerprint density at radius 2 is 1.85 bits per heavy atom. The second-order valence-corrected chi connectivity index (χ2v) is 6.24. The zero-order chi connectivity index (χ0) is 14.8. The van der Waals surface area contributed by atoms with Crippen molar-refractivity contribution in [3.8, 4) is 0 Å². The van der Waals surface area contributed by atoms with Crippen molar-refractivity contribution in [2.24, 2.45) is 7.05 Å². The first-order chi connectivity index (χ1) is 9.42. The molecule has 1 aromatic carbocycles. The summed E-state index contributed by atoms with van der Waals surface area (Å²) in [4.78, 5) is 0.218. The van der Waals surface area contributed by atoms with E-state index in [4.69, 9.17) is 0 Å². The van der Waals surface area contributed by atoms with Crippen LogP contribution in [0, 0.1) is 0 Å². The highest BCUT2D eigenvalue weighted by Gasteiger charge is 2.15. The summed E-state index contributed by atoms with van der Waals surface area (Å²) in [5.41, 5.74) is 1.03. The van der Waals surface area contributed by atoms with Crippen molar-refractivity contribution in [2.45, 2.75) is 17.9 Å². The van der Waals surface area contributed by atoms with E-state index in [1.54, 1.807) is 43.6 Å². The summed E-state index contributed by atoms with van der Waals surface area (Å²) in [5.74, 6) is 0.306. The van der Waals surface area contributed by atoms with Crippen LogP contribution >= 0.6 is 0 Å². The van der Waals surface area contributed by atoms with Gasteiger partial charge in [-0.3, -0.25) is 9.40 Å².